The van der Waals surface area contributed by atoms with Crippen LogP contribution in [0.15, 0.2) is 0 Å². The Morgan fingerprint density at radius 2 is 1.56 bits per heavy atom. The molecular formula is C14H26N2. The van der Waals surface area contributed by atoms with Crippen molar-refractivity contribution in [2.45, 2.75) is 69.9 Å². The van der Waals surface area contributed by atoms with E-state index in [1.165, 1.54) is 70.9 Å². The van der Waals surface area contributed by atoms with E-state index in [1.54, 1.807) is 0 Å². The lowest BCUT2D eigenvalue weighted by molar-refractivity contribution is -0.0358. The molecule has 3 aliphatic rings. The molecule has 1 spiro atoms. The van der Waals surface area contributed by atoms with Crippen molar-refractivity contribution < 1.29 is 0 Å². The number of rotatable bonds is 1. The molecule has 0 radical (unpaired) electrons. The van der Waals surface area contributed by atoms with E-state index >= 15 is 0 Å². The highest BCUT2D eigenvalue weighted by molar-refractivity contribution is 5.02. The molecule has 2 nitrogen and oxygen atoms in total. The number of nitrogens with zero attached hydrogens (tertiary/aromatic N) is 1. The molecule has 2 unspecified atom stereocenters. The summed E-state index contributed by atoms with van der Waals surface area (Å²) in [5.74, 6) is 0. The minimum atomic E-state index is 0.459. The monoisotopic (exact) mass is 222 g/mol. The molecule has 1 heterocycles. The standard InChI is InChI=1S/C14H26N2/c15-12-6-2-1-3-7-13(12)16-10-14(11-16)8-4-5-9-14/h12-13H,1-11,15H2. The average Bonchev–Trinajstić information content (AvgIpc) is 2.62. The van der Waals surface area contributed by atoms with E-state index in [0.29, 0.717) is 12.1 Å². The van der Waals surface area contributed by atoms with Crippen molar-refractivity contribution in [2.75, 3.05) is 13.1 Å². The van der Waals surface area contributed by atoms with Crippen LogP contribution in [0.2, 0.25) is 0 Å². The number of hydrogen-bond donors (Lipinski definition) is 1. The second-order valence-corrected chi connectivity index (χ2v) is 6.48. The van der Waals surface area contributed by atoms with Gasteiger partial charge in [0, 0.05) is 25.2 Å². The van der Waals surface area contributed by atoms with Gasteiger partial charge in [0.15, 0.2) is 0 Å². The average molecular weight is 222 g/mol. The van der Waals surface area contributed by atoms with Crippen LogP contribution in [-0.2, 0) is 0 Å². The maximum atomic E-state index is 6.33. The Balaban J connectivity index is 1.57. The van der Waals surface area contributed by atoms with E-state index in [2.05, 4.69) is 4.90 Å². The van der Waals surface area contributed by atoms with Gasteiger partial charge in [0.1, 0.15) is 0 Å². The summed E-state index contributed by atoms with van der Waals surface area (Å²) in [6, 6.07) is 1.18. The first-order chi connectivity index (χ1) is 7.79. The molecule has 0 aromatic carbocycles. The van der Waals surface area contributed by atoms with E-state index in [9.17, 15) is 0 Å². The van der Waals surface area contributed by atoms with Crippen molar-refractivity contribution >= 4 is 0 Å². The minimum Gasteiger partial charge on any atom is -0.326 e. The van der Waals surface area contributed by atoms with Crippen molar-refractivity contribution in [1.29, 1.82) is 0 Å². The molecule has 3 rings (SSSR count). The summed E-state index contributed by atoms with van der Waals surface area (Å²) < 4.78 is 0. The second kappa shape index (κ2) is 4.30. The largest absolute Gasteiger partial charge is 0.326 e. The van der Waals surface area contributed by atoms with Crippen LogP contribution in [0.5, 0.6) is 0 Å². The predicted octanol–water partition coefficient (Wildman–Crippen LogP) is 2.52. The van der Waals surface area contributed by atoms with Gasteiger partial charge in [-0.1, -0.05) is 32.1 Å². The van der Waals surface area contributed by atoms with Crippen LogP contribution in [0, 0.1) is 5.41 Å². The Hall–Kier alpha value is -0.0800. The molecule has 0 aromatic rings. The summed E-state index contributed by atoms with van der Waals surface area (Å²) in [4.78, 5) is 2.71. The van der Waals surface area contributed by atoms with Gasteiger partial charge < -0.3 is 5.73 Å². The summed E-state index contributed by atoms with van der Waals surface area (Å²) >= 11 is 0. The Morgan fingerprint density at radius 3 is 2.31 bits per heavy atom. The van der Waals surface area contributed by atoms with Gasteiger partial charge in [-0.2, -0.15) is 0 Å². The summed E-state index contributed by atoms with van der Waals surface area (Å²) in [6.07, 6.45) is 12.7. The van der Waals surface area contributed by atoms with Crippen LogP contribution < -0.4 is 5.73 Å². The molecule has 2 N–H and O–H groups in total. The lowest BCUT2D eigenvalue weighted by atomic mass is 9.76. The van der Waals surface area contributed by atoms with Gasteiger partial charge in [-0.15, -0.1) is 0 Å². The van der Waals surface area contributed by atoms with Crippen LogP contribution >= 0.6 is 0 Å². The molecule has 3 fully saturated rings. The van der Waals surface area contributed by atoms with Gasteiger partial charge in [0.25, 0.3) is 0 Å². The SMILES string of the molecule is NC1CCCCCC1N1CC2(CCCC2)C1. The zero-order chi connectivity index (χ0) is 11.0. The summed E-state index contributed by atoms with van der Waals surface area (Å²) in [5, 5.41) is 0. The highest BCUT2D eigenvalue weighted by atomic mass is 15.2. The van der Waals surface area contributed by atoms with E-state index in [-0.39, 0.29) is 0 Å². The van der Waals surface area contributed by atoms with Crippen molar-refractivity contribution in [2.24, 2.45) is 11.1 Å². The fraction of sp³-hybridized carbons (Fsp3) is 1.00. The molecule has 16 heavy (non-hydrogen) atoms. The molecule has 2 saturated carbocycles. The Kier molecular flexibility index (Phi) is 2.97. The third-order valence-corrected chi connectivity index (χ3v) is 5.24. The van der Waals surface area contributed by atoms with Gasteiger partial charge in [-0.3, -0.25) is 4.90 Å². The molecular weight excluding hydrogens is 196 g/mol. The van der Waals surface area contributed by atoms with Crippen LogP contribution in [-0.4, -0.2) is 30.1 Å². The maximum absolute atomic E-state index is 6.33. The predicted molar refractivity (Wildman–Crippen MR) is 67.3 cm³/mol. The first kappa shape index (κ1) is 11.0. The Bertz CT molecular complexity index is 237. The number of hydrogen-bond acceptors (Lipinski definition) is 2. The fourth-order valence-electron chi connectivity index (χ4n) is 4.26. The topological polar surface area (TPSA) is 29.3 Å². The lowest BCUT2D eigenvalue weighted by Crippen LogP contribution is -2.62. The van der Waals surface area contributed by atoms with Crippen molar-refractivity contribution in [3.63, 3.8) is 0 Å². The molecule has 0 amide bonds. The molecule has 0 bridgehead atoms. The highest BCUT2D eigenvalue weighted by Crippen LogP contribution is 2.47. The summed E-state index contributed by atoms with van der Waals surface area (Å²) in [6.45, 7) is 2.73. The molecule has 1 aliphatic heterocycles. The molecule has 1 saturated heterocycles. The molecule has 92 valence electrons. The van der Waals surface area contributed by atoms with Crippen LogP contribution in [0.4, 0.5) is 0 Å². The van der Waals surface area contributed by atoms with Crippen molar-refractivity contribution in [3.8, 4) is 0 Å². The smallest absolute Gasteiger partial charge is 0.0247 e. The van der Waals surface area contributed by atoms with E-state index in [1.807, 2.05) is 0 Å². The third-order valence-electron chi connectivity index (χ3n) is 5.24. The maximum Gasteiger partial charge on any atom is 0.0247 e. The van der Waals surface area contributed by atoms with Gasteiger partial charge in [0.05, 0.1) is 0 Å². The van der Waals surface area contributed by atoms with Gasteiger partial charge in [0.2, 0.25) is 0 Å². The van der Waals surface area contributed by atoms with Gasteiger partial charge in [-0.25, -0.2) is 0 Å². The van der Waals surface area contributed by atoms with Crippen molar-refractivity contribution in [3.05, 3.63) is 0 Å². The molecule has 0 aromatic heterocycles. The lowest BCUT2D eigenvalue weighted by Gasteiger charge is -2.53. The van der Waals surface area contributed by atoms with Gasteiger partial charge >= 0.3 is 0 Å². The normalized spacial score (nSPS) is 39.6. The number of nitrogens with two attached hydrogens (primary N) is 1. The zero-order valence-corrected chi connectivity index (χ0v) is 10.5. The van der Waals surface area contributed by atoms with E-state index < -0.39 is 0 Å². The quantitative estimate of drug-likeness (QED) is 0.691. The first-order valence-electron chi connectivity index (χ1n) is 7.29. The van der Waals surface area contributed by atoms with Crippen LogP contribution in [0.1, 0.15) is 57.8 Å². The molecule has 2 aliphatic carbocycles. The summed E-state index contributed by atoms with van der Waals surface area (Å²) in [5.41, 5.74) is 7.08. The van der Waals surface area contributed by atoms with Gasteiger partial charge in [-0.05, 0) is 31.1 Å². The Labute approximate surface area is 99.6 Å². The fourth-order valence-corrected chi connectivity index (χ4v) is 4.26. The second-order valence-electron chi connectivity index (χ2n) is 6.48. The molecule has 2 heteroatoms. The highest BCUT2D eigenvalue weighted by Gasteiger charge is 2.47. The third kappa shape index (κ3) is 1.91. The number of likely N-dealkylation sites (tertiary alicyclic amines) is 1. The van der Waals surface area contributed by atoms with Crippen LogP contribution in [0.3, 0.4) is 0 Å². The minimum absolute atomic E-state index is 0.459. The van der Waals surface area contributed by atoms with Crippen molar-refractivity contribution in [1.82, 2.24) is 4.90 Å². The van der Waals surface area contributed by atoms with E-state index in [4.69, 9.17) is 5.73 Å². The van der Waals surface area contributed by atoms with E-state index in [0.717, 1.165) is 5.41 Å². The zero-order valence-electron chi connectivity index (χ0n) is 10.5. The van der Waals surface area contributed by atoms with Crippen LogP contribution in [0.25, 0.3) is 0 Å². The Morgan fingerprint density at radius 1 is 0.875 bits per heavy atom. The first-order valence-corrected chi connectivity index (χ1v) is 7.29. The summed E-state index contributed by atoms with van der Waals surface area (Å²) in [7, 11) is 0. The molecule has 2 atom stereocenters.